The first-order valence-electron chi connectivity index (χ1n) is 8.38. The Bertz CT molecular complexity index is 920. The Morgan fingerprint density at radius 1 is 1.07 bits per heavy atom. The standard InChI is InChI=1S/C19H14F4N2O3/c20-16(21)12-9-19(27,18(22)23)25(24-12)17(26)15-10-5-1-3-7-13(10)28-14-8-4-2-6-11(14)15/h1-8,15-16,18,27H,9H2. The van der Waals surface area contributed by atoms with Crippen LogP contribution in [0.2, 0.25) is 0 Å². The normalized spacial score (nSPS) is 21.4. The molecule has 2 heterocycles. The molecule has 0 bridgehead atoms. The molecule has 1 unspecified atom stereocenters. The SMILES string of the molecule is O=C(C1c2ccccc2Oc2ccccc21)N1N=C(C(F)F)CC1(O)C(F)F. The van der Waals surface area contributed by atoms with Crippen molar-refractivity contribution in [2.75, 3.05) is 0 Å². The van der Waals surface area contributed by atoms with Gasteiger partial charge in [-0.1, -0.05) is 36.4 Å². The minimum atomic E-state index is -3.48. The van der Waals surface area contributed by atoms with E-state index in [2.05, 4.69) is 5.10 Å². The van der Waals surface area contributed by atoms with E-state index in [1.165, 1.54) is 0 Å². The van der Waals surface area contributed by atoms with E-state index in [4.69, 9.17) is 4.74 Å². The van der Waals surface area contributed by atoms with Crippen molar-refractivity contribution in [3.05, 3.63) is 59.7 Å². The summed E-state index contributed by atoms with van der Waals surface area (Å²) >= 11 is 0. The number of hydrogen-bond donors (Lipinski definition) is 1. The van der Waals surface area contributed by atoms with E-state index in [1.54, 1.807) is 48.5 Å². The summed E-state index contributed by atoms with van der Waals surface area (Å²) in [5.41, 5.74) is -3.37. The molecule has 0 saturated carbocycles. The van der Waals surface area contributed by atoms with Gasteiger partial charge in [-0.25, -0.2) is 17.6 Å². The van der Waals surface area contributed by atoms with Crippen LogP contribution in [0.15, 0.2) is 53.6 Å². The summed E-state index contributed by atoms with van der Waals surface area (Å²) in [7, 11) is 0. The molecule has 4 rings (SSSR count). The Kier molecular flexibility index (Phi) is 4.34. The molecule has 1 amide bonds. The smallest absolute Gasteiger partial charge is 0.287 e. The number of rotatable bonds is 3. The Hall–Kier alpha value is -2.94. The van der Waals surface area contributed by atoms with E-state index in [0.717, 1.165) is 0 Å². The molecule has 28 heavy (non-hydrogen) atoms. The van der Waals surface area contributed by atoms with Gasteiger partial charge in [0.05, 0.1) is 5.92 Å². The topological polar surface area (TPSA) is 62.1 Å². The van der Waals surface area contributed by atoms with Crippen LogP contribution in [0.25, 0.3) is 0 Å². The van der Waals surface area contributed by atoms with Crippen molar-refractivity contribution < 1.29 is 32.2 Å². The van der Waals surface area contributed by atoms with Gasteiger partial charge < -0.3 is 9.84 Å². The summed E-state index contributed by atoms with van der Waals surface area (Å²) in [6.07, 6.45) is -7.78. The molecule has 2 aromatic rings. The molecule has 2 aliphatic heterocycles. The van der Waals surface area contributed by atoms with Crippen LogP contribution in [0.4, 0.5) is 17.6 Å². The number of fused-ring (bicyclic) bond motifs is 2. The molecule has 146 valence electrons. The number of carbonyl (C=O) groups is 1. The number of hydrogen-bond acceptors (Lipinski definition) is 4. The van der Waals surface area contributed by atoms with Crippen molar-refractivity contribution >= 4 is 11.6 Å². The zero-order valence-corrected chi connectivity index (χ0v) is 14.2. The number of amides is 1. The third kappa shape index (κ3) is 2.73. The summed E-state index contributed by atoms with van der Waals surface area (Å²) in [5.74, 6) is -1.52. The molecule has 5 nitrogen and oxygen atoms in total. The summed E-state index contributed by atoms with van der Waals surface area (Å²) in [6, 6.07) is 13.0. The van der Waals surface area contributed by atoms with E-state index in [-0.39, 0.29) is 5.01 Å². The van der Waals surface area contributed by atoms with Gasteiger partial charge in [0.2, 0.25) is 5.72 Å². The molecule has 0 fully saturated rings. The second-order valence-corrected chi connectivity index (χ2v) is 6.51. The minimum Gasteiger partial charge on any atom is -0.457 e. The fraction of sp³-hybridized carbons (Fsp3) is 0.263. The molecule has 0 aromatic heterocycles. The van der Waals surface area contributed by atoms with Gasteiger partial charge in [0, 0.05) is 17.5 Å². The van der Waals surface area contributed by atoms with Crippen LogP contribution in [-0.2, 0) is 4.79 Å². The maximum Gasteiger partial charge on any atom is 0.287 e. The molecule has 0 aliphatic carbocycles. The van der Waals surface area contributed by atoms with Gasteiger partial charge in [0.25, 0.3) is 18.8 Å². The van der Waals surface area contributed by atoms with Gasteiger partial charge in [0.1, 0.15) is 17.2 Å². The molecule has 0 saturated heterocycles. The first-order chi connectivity index (χ1) is 13.3. The van der Waals surface area contributed by atoms with Gasteiger partial charge in [-0.15, -0.1) is 0 Å². The third-order valence-electron chi connectivity index (χ3n) is 4.77. The third-order valence-corrected chi connectivity index (χ3v) is 4.77. The number of carbonyl (C=O) groups excluding carboxylic acids is 1. The lowest BCUT2D eigenvalue weighted by atomic mass is 9.86. The molecule has 9 heteroatoms. The number of alkyl halides is 4. The Balaban J connectivity index is 1.83. The van der Waals surface area contributed by atoms with Gasteiger partial charge >= 0.3 is 0 Å². The van der Waals surface area contributed by atoms with Crippen molar-refractivity contribution in [2.45, 2.75) is 30.9 Å². The maximum atomic E-state index is 13.5. The van der Waals surface area contributed by atoms with Crippen LogP contribution in [0, 0.1) is 0 Å². The first-order valence-corrected chi connectivity index (χ1v) is 8.38. The average Bonchev–Trinajstić information content (AvgIpc) is 3.05. The molecular formula is C19H14F4N2O3. The molecular weight excluding hydrogens is 380 g/mol. The number of nitrogens with zero attached hydrogens (tertiary/aromatic N) is 2. The Morgan fingerprint density at radius 3 is 2.11 bits per heavy atom. The zero-order valence-electron chi connectivity index (χ0n) is 14.2. The van der Waals surface area contributed by atoms with E-state index in [1.807, 2.05) is 0 Å². The lowest BCUT2D eigenvalue weighted by Crippen LogP contribution is -2.53. The van der Waals surface area contributed by atoms with Crippen molar-refractivity contribution in [3.8, 4) is 11.5 Å². The molecule has 2 aromatic carbocycles. The average molecular weight is 394 g/mol. The number of ether oxygens (including phenoxy) is 1. The summed E-state index contributed by atoms with van der Waals surface area (Å²) in [5, 5.41) is 13.8. The number of aliphatic hydroxyl groups is 1. The summed E-state index contributed by atoms with van der Waals surface area (Å²) < 4.78 is 58.9. The van der Waals surface area contributed by atoms with Crippen LogP contribution in [0.5, 0.6) is 11.5 Å². The zero-order chi connectivity index (χ0) is 20.1. The van der Waals surface area contributed by atoms with Crippen LogP contribution in [-0.4, -0.2) is 40.3 Å². The monoisotopic (exact) mass is 394 g/mol. The van der Waals surface area contributed by atoms with Crippen molar-refractivity contribution in [1.29, 1.82) is 0 Å². The van der Waals surface area contributed by atoms with E-state index < -0.39 is 42.5 Å². The number of benzene rings is 2. The summed E-state index contributed by atoms with van der Waals surface area (Å²) in [6.45, 7) is 0. The van der Waals surface area contributed by atoms with Crippen LogP contribution < -0.4 is 4.74 Å². The molecule has 2 aliphatic rings. The Labute approximate surface area is 156 Å². The lowest BCUT2D eigenvalue weighted by molar-refractivity contribution is -0.192. The Morgan fingerprint density at radius 2 is 1.61 bits per heavy atom. The van der Waals surface area contributed by atoms with Crippen LogP contribution >= 0.6 is 0 Å². The first kappa shape index (κ1) is 18.4. The van der Waals surface area contributed by atoms with Crippen molar-refractivity contribution in [1.82, 2.24) is 5.01 Å². The van der Waals surface area contributed by atoms with Crippen LogP contribution in [0.3, 0.4) is 0 Å². The predicted molar refractivity (Wildman–Crippen MR) is 90.7 cm³/mol. The number of hydrazone groups is 1. The fourth-order valence-electron chi connectivity index (χ4n) is 3.42. The summed E-state index contributed by atoms with van der Waals surface area (Å²) in [4.78, 5) is 13.2. The minimum absolute atomic E-state index is 0.0999. The second kappa shape index (κ2) is 6.59. The molecule has 1 atom stereocenters. The van der Waals surface area contributed by atoms with E-state index in [9.17, 15) is 27.5 Å². The van der Waals surface area contributed by atoms with Gasteiger partial charge in [-0.05, 0) is 12.1 Å². The molecule has 0 spiro atoms. The van der Waals surface area contributed by atoms with Gasteiger partial charge in [0.15, 0.2) is 0 Å². The van der Waals surface area contributed by atoms with Gasteiger partial charge in [-0.3, -0.25) is 4.79 Å². The van der Waals surface area contributed by atoms with Crippen LogP contribution in [0.1, 0.15) is 23.5 Å². The fourth-order valence-corrected chi connectivity index (χ4v) is 3.42. The molecule has 1 N–H and O–H groups in total. The van der Waals surface area contributed by atoms with Crippen molar-refractivity contribution in [2.24, 2.45) is 5.10 Å². The molecule has 0 radical (unpaired) electrons. The quantitative estimate of drug-likeness (QED) is 0.807. The highest BCUT2D eigenvalue weighted by Gasteiger charge is 2.55. The highest BCUT2D eigenvalue weighted by molar-refractivity contribution is 5.96. The highest BCUT2D eigenvalue weighted by Crippen LogP contribution is 2.46. The van der Waals surface area contributed by atoms with E-state index >= 15 is 0 Å². The second-order valence-electron chi connectivity index (χ2n) is 6.51. The highest BCUT2D eigenvalue weighted by atomic mass is 19.3. The largest absolute Gasteiger partial charge is 0.457 e. The predicted octanol–water partition coefficient (Wildman–Crippen LogP) is 3.73. The van der Waals surface area contributed by atoms with Gasteiger partial charge in [-0.2, -0.15) is 10.1 Å². The lowest BCUT2D eigenvalue weighted by Gasteiger charge is -2.34. The number of para-hydroxylation sites is 2. The van der Waals surface area contributed by atoms with Crippen molar-refractivity contribution in [3.63, 3.8) is 0 Å². The maximum absolute atomic E-state index is 13.5. The number of halogens is 4. The van der Waals surface area contributed by atoms with E-state index in [0.29, 0.717) is 22.6 Å².